The Labute approximate surface area is 265 Å². The van der Waals surface area contributed by atoms with Gasteiger partial charge in [0.2, 0.25) is 16.0 Å². The summed E-state index contributed by atoms with van der Waals surface area (Å²) in [6.45, 7) is 10.3. The molecule has 0 saturated heterocycles. The second-order valence-electron chi connectivity index (χ2n) is 14.3. The van der Waals surface area contributed by atoms with Gasteiger partial charge in [0, 0.05) is 56.0 Å². The number of ether oxygens (including phenoxy) is 1. The fourth-order valence-corrected chi connectivity index (χ4v) is 8.29. The number of aromatic nitrogens is 5. The van der Waals surface area contributed by atoms with Crippen LogP contribution in [0.5, 0.6) is 0 Å². The van der Waals surface area contributed by atoms with Gasteiger partial charge in [0.05, 0.1) is 28.9 Å². The second-order valence-corrected chi connectivity index (χ2v) is 21.7. The van der Waals surface area contributed by atoms with Crippen molar-refractivity contribution in [1.82, 2.24) is 29.5 Å². The highest BCUT2D eigenvalue weighted by Gasteiger charge is 2.43. The summed E-state index contributed by atoms with van der Waals surface area (Å²) >= 11 is 0. The third-order valence-corrected chi connectivity index (χ3v) is 11.6. The molecule has 0 bridgehead atoms. The van der Waals surface area contributed by atoms with E-state index in [0.717, 1.165) is 41.2 Å². The van der Waals surface area contributed by atoms with Crippen LogP contribution in [0.25, 0.3) is 16.5 Å². The molecule has 2 aliphatic rings. The minimum atomic E-state index is -4.10. The number of pyridine rings is 2. The van der Waals surface area contributed by atoms with Gasteiger partial charge in [0.1, 0.15) is 12.0 Å². The van der Waals surface area contributed by atoms with Crippen molar-refractivity contribution in [3.63, 3.8) is 0 Å². The first-order chi connectivity index (χ1) is 21.2. The molecule has 1 aromatic carbocycles. The Balaban J connectivity index is 1.43. The second kappa shape index (κ2) is 11.8. The fraction of sp³-hybridized carbons (Fsp3) is 0.500. The van der Waals surface area contributed by atoms with Crippen molar-refractivity contribution in [2.45, 2.75) is 87.2 Å². The summed E-state index contributed by atoms with van der Waals surface area (Å²) in [5.41, 5.74) is 0.841. The summed E-state index contributed by atoms with van der Waals surface area (Å²) < 4.78 is 53.6. The third kappa shape index (κ3) is 7.26. The molecule has 0 spiro atoms. The Morgan fingerprint density at radius 3 is 2.67 bits per heavy atom. The lowest BCUT2D eigenvalue weighted by Gasteiger charge is -2.31. The number of nitrogens with zero attached hydrogens (tertiary/aromatic N) is 5. The first-order valence-electron chi connectivity index (χ1n) is 15.5. The van der Waals surface area contributed by atoms with Crippen LogP contribution in [-0.2, 0) is 27.6 Å². The van der Waals surface area contributed by atoms with Crippen LogP contribution in [0.2, 0.25) is 25.7 Å². The molecule has 2 N–H and O–H groups in total. The molecule has 3 heterocycles. The summed E-state index contributed by atoms with van der Waals surface area (Å²) in [5, 5.41) is 13.6. The van der Waals surface area contributed by atoms with Gasteiger partial charge in [-0.1, -0.05) is 19.6 Å². The number of hydrogen-bond donors (Lipinski definition) is 2. The van der Waals surface area contributed by atoms with Crippen molar-refractivity contribution in [1.29, 1.82) is 0 Å². The smallest absolute Gasteiger partial charge is 0.241 e. The predicted molar refractivity (Wildman–Crippen MR) is 176 cm³/mol. The zero-order chi connectivity index (χ0) is 32.0. The number of alkyl halides is 1. The number of benzene rings is 1. The van der Waals surface area contributed by atoms with Crippen LogP contribution in [-0.4, -0.2) is 72.2 Å². The van der Waals surface area contributed by atoms with Gasteiger partial charge in [-0.3, -0.25) is 14.5 Å². The molecule has 6 rings (SSSR count). The van der Waals surface area contributed by atoms with Crippen LogP contribution in [0.3, 0.4) is 0 Å². The summed E-state index contributed by atoms with van der Waals surface area (Å²) in [5.74, 6) is 0.851. The maximum atomic E-state index is 14.6. The van der Waals surface area contributed by atoms with E-state index in [1.54, 1.807) is 24.9 Å². The van der Waals surface area contributed by atoms with Gasteiger partial charge < -0.3 is 10.1 Å². The normalized spacial score (nSPS) is 18.8. The maximum Gasteiger partial charge on any atom is 0.241 e. The third-order valence-electron chi connectivity index (χ3n) is 8.41. The SMILES string of the molecule is CC(C)(F)CNS(=O)(=O)c1c2c(cc3cnc(C4CC4)cc13)CC(COCC[Si](C)(C)C)(Nc1nncn1-c1cccnc1)C2. The molecule has 2 aliphatic carbocycles. The van der Waals surface area contributed by atoms with Crippen molar-refractivity contribution in [2.24, 2.45) is 0 Å². The number of nitrogens with one attached hydrogen (secondary N) is 2. The highest BCUT2D eigenvalue weighted by Crippen LogP contribution is 2.44. The molecule has 13 heteroatoms. The first kappa shape index (κ1) is 31.7. The minimum absolute atomic E-state index is 0.197. The molecule has 1 atom stereocenters. The number of sulfonamides is 1. The lowest BCUT2D eigenvalue weighted by molar-refractivity contribution is 0.105. The van der Waals surface area contributed by atoms with Crippen LogP contribution in [0.1, 0.15) is 49.4 Å². The number of anilines is 1. The predicted octanol–water partition coefficient (Wildman–Crippen LogP) is 5.42. The molecular formula is C32H42FN7O3SSi. The van der Waals surface area contributed by atoms with E-state index in [0.29, 0.717) is 48.9 Å². The van der Waals surface area contributed by atoms with Crippen molar-refractivity contribution < 1.29 is 17.5 Å². The Hall–Kier alpha value is -3.26. The van der Waals surface area contributed by atoms with Gasteiger partial charge in [-0.2, -0.15) is 0 Å². The molecule has 0 aliphatic heterocycles. The van der Waals surface area contributed by atoms with Gasteiger partial charge in [-0.25, -0.2) is 17.5 Å². The summed E-state index contributed by atoms with van der Waals surface area (Å²) in [6.07, 6.45) is 9.77. The standard InChI is InChI=1S/C32H42FN7O3SSi/c1-31(2,33)19-37-44(41,42)29-26-14-28(22-8-9-22)35-17-24(26)13-23-15-32(16-27(23)29,20-43-11-12-45(3,4)5)38-30-39-36-21-40(30)25-7-6-10-34-18-25/h6-7,10,13-14,17-18,21-22,37H,8-9,11-12,15-16,19-20H2,1-5H3,(H,38,39). The monoisotopic (exact) mass is 651 g/mol. The molecule has 0 amide bonds. The number of fused-ring (bicyclic) bond motifs is 2. The molecule has 45 heavy (non-hydrogen) atoms. The Bertz CT molecular complexity index is 1800. The zero-order valence-electron chi connectivity index (χ0n) is 26.6. The summed E-state index contributed by atoms with van der Waals surface area (Å²) in [4.78, 5) is 9.13. The van der Waals surface area contributed by atoms with Crippen LogP contribution >= 0.6 is 0 Å². The molecule has 1 fully saturated rings. The Morgan fingerprint density at radius 1 is 1.18 bits per heavy atom. The van der Waals surface area contributed by atoms with E-state index in [9.17, 15) is 12.8 Å². The fourth-order valence-electron chi connectivity index (χ4n) is 5.86. The highest BCUT2D eigenvalue weighted by atomic mass is 32.2. The topological polar surface area (TPSA) is 124 Å². The van der Waals surface area contributed by atoms with Crippen LogP contribution in [0.15, 0.2) is 54.1 Å². The number of halogens is 1. The van der Waals surface area contributed by atoms with E-state index >= 15 is 0 Å². The molecule has 4 aromatic rings. The van der Waals surface area contributed by atoms with Crippen molar-refractivity contribution >= 4 is 34.8 Å². The van der Waals surface area contributed by atoms with Crippen molar-refractivity contribution in [3.05, 3.63) is 66.0 Å². The largest absolute Gasteiger partial charge is 0.379 e. The molecular weight excluding hydrogens is 610 g/mol. The van der Waals surface area contributed by atoms with E-state index in [4.69, 9.17) is 4.74 Å². The van der Waals surface area contributed by atoms with Crippen molar-refractivity contribution in [2.75, 3.05) is 25.1 Å². The lowest BCUT2D eigenvalue weighted by Crippen LogP contribution is -2.45. The van der Waals surface area contributed by atoms with E-state index in [2.05, 4.69) is 49.8 Å². The molecule has 3 aromatic heterocycles. The molecule has 240 valence electrons. The van der Waals surface area contributed by atoms with Gasteiger partial charge in [0.15, 0.2) is 0 Å². The number of hydrogen-bond acceptors (Lipinski definition) is 8. The quantitative estimate of drug-likeness (QED) is 0.145. The number of rotatable bonds is 13. The lowest BCUT2D eigenvalue weighted by atomic mass is 9.97. The van der Waals surface area contributed by atoms with Crippen LogP contribution < -0.4 is 10.0 Å². The summed E-state index contributed by atoms with van der Waals surface area (Å²) in [6, 6.07) is 8.73. The van der Waals surface area contributed by atoms with Crippen molar-refractivity contribution in [3.8, 4) is 5.69 Å². The minimum Gasteiger partial charge on any atom is -0.379 e. The summed E-state index contributed by atoms with van der Waals surface area (Å²) in [7, 11) is -5.44. The Kier molecular flexibility index (Phi) is 8.34. The molecule has 1 saturated carbocycles. The first-order valence-corrected chi connectivity index (χ1v) is 20.7. The van der Waals surface area contributed by atoms with Gasteiger partial charge >= 0.3 is 0 Å². The van der Waals surface area contributed by atoms with Crippen LogP contribution in [0, 0.1) is 0 Å². The van der Waals surface area contributed by atoms with E-state index in [1.807, 2.05) is 28.8 Å². The average Bonchev–Trinajstić information content (AvgIpc) is 3.62. The van der Waals surface area contributed by atoms with Crippen LogP contribution in [0.4, 0.5) is 10.3 Å². The van der Waals surface area contributed by atoms with Gasteiger partial charge in [0.25, 0.3) is 0 Å². The highest BCUT2D eigenvalue weighted by molar-refractivity contribution is 7.89. The maximum absolute atomic E-state index is 14.6. The molecule has 1 unspecified atom stereocenters. The Morgan fingerprint density at radius 2 is 1.98 bits per heavy atom. The molecule has 10 nitrogen and oxygen atoms in total. The average molecular weight is 652 g/mol. The van der Waals surface area contributed by atoms with E-state index in [-0.39, 0.29) is 11.4 Å². The van der Waals surface area contributed by atoms with E-state index in [1.165, 1.54) is 13.8 Å². The van der Waals surface area contributed by atoms with E-state index < -0.39 is 29.3 Å². The van der Waals surface area contributed by atoms with Gasteiger partial charge in [-0.15, -0.1) is 10.2 Å². The molecule has 0 radical (unpaired) electrons. The van der Waals surface area contributed by atoms with Gasteiger partial charge in [-0.05, 0) is 81.0 Å². The zero-order valence-corrected chi connectivity index (χ0v) is 28.4.